The maximum atomic E-state index is 12.7. The van der Waals surface area contributed by atoms with Gasteiger partial charge in [0, 0.05) is 51.2 Å². The Bertz CT molecular complexity index is 2330. The fourth-order valence-corrected chi connectivity index (χ4v) is 6.72. The molecule has 0 unspecified atom stereocenters. The Balaban J connectivity index is 0.000000645. The van der Waals surface area contributed by atoms with Gasteiger partial charge in [0.1, 0.15) is 23.3 Å². The van der Waals surface area contributed by atoms with Gasteiger partial charge in [0.05, 0.1) is 25.3 Å². The van der Waals surface area contributed by atoms with Crippen LogP contribution >= 0.6 is 0 Å². The normalized spacial score (nSPS) is 12.8. The number of carbonyl (C=O) groups excluding carboxylic acids is 8. The number of hydrogen-bond donors (Lipinski definition) is 4. The number of hydrogen-bond acceptors (Lipinski definition) is 16. The van der Waals surface area contributed by atoms with Crippen molar-refractivity contribution in [2.45, 2.75) is 130 Å². The highest BCUT2D eigenvalue weighted by molar-refractivity contribution is 6.01. The standard InChI is InChI=1S/2C24H30N2O7.2C2H4O2/c1-6-13-32-21(28)16-10-11-18-17(14-16)15-26(20(18)27)12-8-7-9-19(22(29)31-5)25-23(30)33-24(2,3)4;1-6-13-32-21(28)16-10-11-17-15-26(20(27)18(17)14-16)12-8-7-9-19(22(29)31-5)25-23(30)33-24(2,3)4;2*1-2(3)4/h2*1,10-11,14,19H,7-9,12-13,15H2,2-5H3,(H,25,30);2*1H3,(H,3,4)/t2*19-;;/m00../s1. The van der Waals surface area contributed by atoms with Crippen molar-refractivity contribution in [3.63, 3.8) is 0 Å². The minimum absolute atomic E-state index is 0.115. The third-order valence-electron chi connectivity index (χ3n) is 9.71. The third kappa shape index (κ3) is 24.3. The lowest BCUT2D eigenvalue weighted by Crippen LogP contribution is -2.44. The molecule has 0 aromatic heterocycles. The zero-order valence-electron chi connectivity index (χ0n) is 43.6. The molecule has 0 saturated heterocycles. The van der Waals surface area contributed by atoms with Gasteiger partial charge in [-0.05, 0) is 122 Å². The Labute approximate surface area is 431 Å². The number of nitrogens with one attached hydrogen (secondary N) is 2. The summed E-state index contributed by atoms with van der Waals surface area (Å²) in [7, 11) is 2.51. The second kappa shape index (κ2) is 31.3. The number of nitrogens with zero attached hydrogens (tertiary/aromatic N) is 2. The van der Waals surface area contributed by atoms with Crippen LogP contribution in [0.25, 0.3) is 0 Å². The van der Waals surface area contributed by atoms with Crippen molar-refractivity contribution < 1.29 is 86.6 Å². The molecule has 22 nitrogen and oxygen atoms in total. The number of carboxylic acid groups (broad SMARTS) is 2. The van der Waals surface area contributed by atoms with Crippen LogP contribution in [0.2, 0.25) is 0 Å². The molecule has 2 aliphatic heterocycles. The molecule has 0 spiro atoms. The van der Waals surface area contributed by atoms with Gasteiger partial charge in [0.2, 0.25) is 0 Å². The van der Waals surface area contributed by atoms with Crippen molar-refractivity contribution in [1.82, 2.24) is 20.4 Å². The molecule has 4 N–H and O–H groups in total. The number of carbonyl (C=O) groups is 10. The minimum Gasteiger partial charge on any atom is -0.481 e. The number of amides is 4. The monoisotopic (exact) mass is 1040 g/mol. The van der Waals surface area contributed by atoms with E-state index in [1.165, 1.54) is 20.3 Å². The summed E-state index contributed by atoms with van der Waals surface area (Å²) in [5, 5.41) is 19.9. The van der Waals surface area contributed by atoms with E-state index in [1.54, 1.807) is 81.7 Å². The van der Waals surface area contributed by atoms with Gasteiger partial charge in [0.25, 0.3) is 23.8 Å². The van der Waals surface area contributed by atoms with Crippen LogP contribution in [0.1, 0.15) is 146 Å². The van der Waals surface area contributed by atoms with E-state index < -0.39 is 71.3 Å². The van der Waals surface area contributed by atoms with Crippen LogP contribution in [0, 0.1) is 24.7 Å². The average Bonchev–Trinajstić information content (AvgIpc) is 3.80. The second-order valence-corrected chi connectivity index (χ2v) is 18.2. The molecule has 4 amide bonds. The molecule has 0 radical (unpaired) electrons. The first-order valence-corrected chi connectivity index (χ1v) is 23.2. The van der Waals surface area contributed by atoms with E-state index in [4.69, 9.17) is 61.1 Å². The SMILES string of the molecule is C#CCOC(=O)c1ccc2c(c1)C(=O)N(CCCC[C@H](NC(=O)OC(C)(C)C)C(=O)OC)C2.C#CCOC(=O)c1ccc2c(c1)CN(CCCC[C@H](NC(=O)OC(C)(C)C)C(=O)OC)C2=O.CC(=O)O.CC(=O)O. The Morgan fingerprint density at radius 2 is 0.986 bits per heavy atom. The van der Waals surface area contributed by atoms with Crippen molar-refractivity contribution in [2.24, 2.45) is 0 Å². The number of benzene rings is 2. The van der Waals surface area contributed by atoms with Crippen molar-refractivity contribution in [2.75, 3.05) is 40.5 Å². The lowest BCUT2D eigenvalue weighted by molar-refractivity contribution is -0.144. The molecule has 4 rings (SSSR count). The van der Waals surface area contributed by atoms with Gasteiger partial charge in [0.15, 0.2) is 13.2 Å². The Kier molecular flexibility index (Phi) is 27.1. The van der Waals surface area contributed by atoms with Gasteiger partial charge < -0.3 is 59.1 Å². The zero-order chi connectivity index (χ0) is 56.3. The summed E-state index contributed by atoms with van der Waals surface area (Å²) in [5.41, 5.74) is 1.82. The third-order valence-corrected chi connectivity index (χ3v) is 9.71. The van der Waals surface area contributed by atoms with Crippen molar-refractivity contribution in [3.05, 3.63) is 69.8 Å². The molecule has 2 aromatic rings. The summed E-state index contributed by atoms with van der Waals surface area (Å²) in [6.07, 6.45) is 11.8. The van der Waals surface area contributed by atoms with E-state index in [1.807, 2.05) is 0 Å². The summed E-state index contributed by atoms with van der Waals surface area (Å²) in [5.74, 6) is 0.273. The summed E-state index contributed by atoms with van der Waals surface area (Å²) in [6, 6.07) is 7.99. The number of rotatable bonds is 18. The van der Waals surface area contributed by atoms with Crippen molar-refractivity contribution >= 4 is 59.8 Å². The number of carboxylic acids is 2. The summed E-state index contributed by atoms with van der Waals surface area (Å²) in [4.78, 5) is 119. The Morgan fingerprint density at radius 3 is 1.38 bits per heavy atom. The zero-order valence-corrected chi connectivity index (χ0v) is 43.6. The van der Waals surface area contributed by atoms with Gasteiger partial charge in [-0.25, -0.2) is 28.8 Å². The number of esters is 4. The highest BCUT2D eigenvalue weighted by Gasteiger charge is 2.31. The minimum atomic E-state index is -0.840. The van der Waals surface area contributed by atoms with Crippen LogP contribution < -0.4 is 10.6 Å². The molecule has 2 atom stereocenters. The smallest absolute Gasteiger partial charge is 0.408 e. The van der Waals surface area contributed by atoms with Crippen LogP contribution in [0.4, 0.5) is 9.59 Å². The number of methoxy groups -OCH3 is 2. The number of ether oxygens (including phenoxy) is 6. The van der Waals surface area contributed by atoms with Gasteiger partial charge in [-0.15, -0.1) is 12.8 Å². The fourth-order valence-electron chi connectivity index (χ4n) is 6.72. The molecular weight excluding hydrogens is 969 g/mol. The van der Waals surface area contributed by atoms with Gasteiger partial charge in [-0.1, -0.05) is 17.9 Å². The molecule has 22 heteroatoms. The van der Waals surface area contributed by atoms with E-state index in [0.717, 1.165) is 25.0 Å². The van der Waals surface area contributed by atoms with Crippen molar-refractivity contribution in [1.29, 1.82) is 0 Å². The van der Waals surface area contributed by atoms with Crippen LogP contribution in [0.15, 0.2) is 36.4 Å². The lowest BCUT2D eigenvalue weighted by atomic mass is 10.1. The van der Waals surface area contributed by atoms with Crippen LogP contribution in [-0.4, -0.2) is 144 Å². The molecule has 2 heterocycles. The highest BCUT2D eigenvalue weighted by Crippen LogP contribution is 2.26. The average molecular weight is 1040 g/mol. The fraction of sp³-hybridized carbons (Fsp3) is 0.500. The Hall–Kier alpha value is -8.14. The highest BCUT2D eigenvalue weighted by atomic mass is 16.6. The van der Waals surface area contributed by atoms with E-state index in [9.17, 15) is 38.4 Å². The molecule has 404 valence electrons. The maximum Gasteiger partial charge on any atom is 0.408 e. The van der Waals surface area contributed by atoms with Crippen LogP contribution in [0.3, 0.4) is 0 Å². The van der Waals surface area contributed by atoms with E-state index in [0.29, 0.717) is 81.4 Å². The summed E-state index contributed by atoms with van der Waals surface area (Å²) < 4.78 is 29.8. The number of unbranched alkanes of at least 4 members (excludes halogenated alkanes) is 2. The van der Waals surface area contributed by atoms with E-state index >= 15 is 0 Å². The lowest BCUT2D eigenvalue weighted by Gasteiger charge is -2.23. The molecule has 2 aliphatic rings. The molecule has 0 aliphatic carbocycles. The second-order valence-electron chi connectivity index (χ2n) is 18.2. The van der Waals surface area contributed by atoms with E-state index in [2.05, 4.69) is 22.5 Å². The molecule has 0 saturated carbocycles. The molecule has 0 fully saturated rings. The van der Waals surface area contributed by atoms with Crippen molar-refractivity contribution in [3.8, 4) is 24.7 Å². The first kappa shape index (κ1) is 63.9. The Morgan fingerprint density at radius 1 is 0.608 bits per heavy atom. The number of alkyl carbamates (subject to hydrolysis) is 2. The van der Waals surface area contributed by atoms with Crippen LogP contribution in [0.5, 0.6) is 0 Å². The largest absolute Gasteiger partial charge is 0.481 e. The number of aliphatic carboxylic acids is 2. The predicted octanol–water partition coefficient (Wildman–Crippen LogP) is 5.52. The topological polar surface area (TPSA) is 297 Å². The molecular formula is C52H68N4O18. The predicted molar refractivity (Wildman–Crippen MR) is 265 cm³/mol. The van der Waals surface area contributed by atoms with Gasteiger partial charge >= 0.3 is 36.1 Å². The first-order valence-electron chi connectivity index (χ1n) is 23.2. The van der Waals surface area contributed by atoms with E-state index in [-0.39, 0.29) is 30.6 Å². The van der Waals surface area contributed by atoms with Crippen LogP contribution in [-0.2, 0) is 60.7 Å². The maximum absolute atomic E-state index is 12.7. The number of terminal acetylenes is 2. The quantitative estimate of drug-likeness (QED) is 0.0618. The summed E-state index contributed by atoms with van der Waals surface area (Å²) in [6.45, 7) is 14.0. The molecule has 0 bridgehead atoms. The van der Waals surface area contributed by atoms with Gasteiger partial charge in [-0.3, -0.25) is 19.2 Å². The number of fused-ring (bicyclic) bond motifs is 2. The molecule has 74 heavy (non-hydrogen) atoms. The molecule has 2 aromatic carbocycles. The van der Waals surface area contributed by atoms with Gasteiger partial charge in [-0.2, -0.15) is 0 Å². The first-order chi connectivity index (χ1) is 34.6. The summed E-state index contributed by atoms with van der Waals surface area (Å²) >= 11 is 0.